The van der Waals surface area contributed by atoms with Gasteiger partial charge in [-0.15, -0.1) is 0 Å². The van der Waals surface area contributed by atoms with Gasteiger partial charge in [-0.05, 0) is 24.6 Å². The molecule has 10 heteroatoms. The summed E-state index contributed by atoms with van der Waals surface area (Å²) < 4.78 is 40.9. The first-order chi connectivity index (χ1) is 11.3. The Bertz CT molecular complexity index is 733. The molecule has 0 aliphatic carbocycles. The molecule has 1 aliphatic rings. The highest BCUT2D eigenvalue weighted by atomic mass is 19.4. The summed E-state index contributed by atoms with van der Waals surface area (Å²) in [5.41, 5.74) is -1.11. The molecular formula is C14H14F3N5O2. The highest BCUT2D eigenvalue weighted by molar-refractivity contribution is 5.89. The van der Waals surface area contributed by atoms with Crippen molar-refractivity contribution in [3.63, 3.8) is 0 Å². The van der Waals surface area contributed by atoms with Gasteiger partial charge in [0.15, 0.2) is 0 Å². The number of aliphatic hydroxyl groups is 1. The molecule has 24 heavy (non-hydrogen) atoms. The SMILES string of the molecule is O=C(Nc1ccc(-n2cncn2)c(C(F)(F)F)c1)N1CC[C@@H](O)C1. The van der Waals surface area contributed by atoms with Crippen molar-refractivity contribution in [2.45, 2.75) is 18.7 Å². The lowest BCUT2D eigenvalue weighted by atomic mass is 10.1. The van der Waals surface area contributed by atoms with Crippen LogP contribution in [0.3, 0.4) is 0 Å². The van der Waals surface area contributed by atoms with E-state index < -0.39 is 23.9 Å². The van der Waals surface area contributed by atoms with Crippen molar-refractivity contribution < 1.29 is 23.1 Å². The molecule has 2 amide bonds. The van der Waals surface area contributed by atoms with Gasteiger partial charge in [-0.2, -0.15) is 18.3 Å². The van der Waals surface area contributed by atoms with E-state index in [0.29, 0.717) is 13.0 Å². The Hall–Kier alpha value is -2.62. The van der Waals surface area contributed by atoms with Crippen LogP contribution in [-0.2, 0) is 6.18 Å². The maximum atomic E-state index is 13.3. The number of nitrogens with zero attached hydrogens (tertiary/aromatic N) is 4. The zero-order valence-electron chi connectivity index (χ0n) is 12.4. The molecule has 2 N–H and O–H groups in total. The average Bonchev–Trinajstić information content (AvgIpc) is 3.17. The molecule has 0 saturated carbocycles. The van der Waals surface area contributed by atoms with E-state index in [9.17, 15) is 23.1 Å². The van der Waals surface area contributed by atoms with Gasteiger partial charge in [0.2, 0.25) is 0 Å². The van der Waals surface area contributed by atoms with Crippen LogP contribution >= 0.6 is 0 Å². The molecule has 0 unspecified atom stereocenters. The Labute approximate surface area is 134 Å². The number of anilines is 1. The van der Waals surface area contributed by atoms with Gasteiger partial charge in [0.1, 0.15) is 12.7 Å². The normalized spacial score (nSPS) is 18.0. The van der Waals surface area contributed by atoms with Crippen LogP contribution < -0.4 is 5.32 Å². The second-order valence-corrected chi connectivity index (χ2v) is 5.39. The van der Waals surface area contributed by atoms with E-state index in [-0.39, 0.29) is 17.9 Å². The first-order valence-electron chi connectivity index (χ1n) is 7.15. The van der Waals surface area contributed by atoms with Crippen LogP contribution in [0.4, 0.5) is 23.7 Å². The third-order valence-corrected chi connectivity index (χ3v) is 3.67. The fourth-order valence-corrected chi connectivity index (χ4v) is 2.50. The van der Waals surface area contributed by atoms with Crippen LogP contribution in [-0.4, -0.2) is 50.0 Å². The second-order valence-electron chi connectivity index (χ2n) is 5.39. The van der Waals surface area contributed by atoms with E-state index in [2.05, 4.69) is 15.4 Å². The number of hydrogen-bond acceptors (Lipinski definition) is 4. The van der Waals surface area contributed by atoms with E-state index in [1.54, 1.807) is 0 Å². The number of carbonyl (C=O) groups is 1. The largest absolute Gasteiger partial charge is 0.418 e. The number of amides is 2. The molecule has 1 aromatic heterocycles. The number of alkyl halides is 3. The van der Waals surface area contributed by atoms with E-state index in [1.165, 1.54) is 17.0 Å². The molecule has 1 aromatic carbocycles. The van der Waals surface area contributed by atoms with Crippen molar-refractivity contribution in [2.75, 3.05) is 18.4 Å². The Morgan fingerprint density at radius 1 is 1.38 bits per heavy atom. The van der Waals surface area contributed by atoms with Crippen LogP contribution in [0, 0.1) is 0 Å². The summed E-state index contributed by atoms with van der Waals surface area (Å²) >= 11 is 0. The summed E-state index contributed by atoms with van der Waals surface area (Å²) in [6.07, 6.45) is -2.47. The first kappa shape index (κ1) is 16.2. The number of nitrogens with one attached hydrogen (secondary N) is 1. The maximum absolute atomic E-state index is 13.3. The third-order valence-electron chi connectivity index (χ3n) is 3.67. The number of β-amino-alcohol motifs (C(OH)–C–C–N with tert-alkyl or cyclic N) is 1. The quantitative estimate of drug-likeness (QED) is 0.874. The molecule has 128 valence electrons. The van der Waals surface area contributed by atoms with Crippen LogP contribution in [0.2, 0.25) is 0 Å². The van der Waals surface area contributed by atoms with E-state index in [1.807, 2.05) is 0 Å². The van der Waals surface area contributed by atoms with Crippen molar-refractivity contribution in [1.82, 2.24) is 19.7 Å². The van der Waals surface area contributed by atoms with Gasteiger partial charge in [-0.3, -0.25) is 0 Å². The topological polar surface area (TPSA) is 83.3 Å². The lowest BCUT2D eigenvalue weighted by Crippen LogP contribution is -2.33. The summed E-state index contributed by atoms with van der Waals surface area (Å²) in [5, 5.41) is 15.5. The fourth-order valence-electron chi connectivity index (χ4n) is 2.50. The zero-order chi connectivity index (χ0) is 17.3. The first-order valence-corrected chi connectivity index (χ1v) is 7.15. The average molecular weight is 341 g/mol. The predicted octanol–water partition coefficient (Wildman–Crippen LogP) is 1.88. The number of hydrogen-bond donors (Lipinski definition) is 2. The molecule has 1 atom stereocenters. The number of benzene rings is 1. The molecule has 2 aromatic rings. The minimum absolute atomic E-state index is 0.0116. The van der Waals surface area contributed by atoms with Gasteiger partial charge in [-0.25, -0.2) is 14.5 Å². The number of carbonyl (C=O) groups excluding carboxylic acids is 1. The number of urea groups is 1. The molecule has 0 radical (unpaired) electrons. The Kier molecular flexibility index (Phi) is 4.14. The monoisotopic (exact) mass is 341 g/mol. The summed E-state index contributed by atoms with van der Waals surface area (Å²) in [4.78, 5) is 17.0. The van der Waals surface area contributed by atoms with Crippen molar-refractivity contribution in [3.05, 3.63) is 36.4 Å². The molecule has 1 aliphatic heterocycles. The van der Waals surface area contributed by atoms with Crippen molar-refractivity contribution in [1.29, 1.82) is 0 Å². The zero-order valence-corrected chi connectivity index (χ0v) is 12.4. The second kappa shape index (κ2) is 6.11. The van der Waals surface area contributed by atoms with Crippen LogP contribution in [0.1, 0.15) is 12.0 Å². The van der Waals surface area contributed by atoms with Crippen molar-refractivity contribution in [3.8, 4) is 5.69 Å². The van der Waals surface area contributed by atoms with E-state index in [0.717, 1.165) is 23.4 Å². The molecule has 2 heterocycles. The third kappa shape index (κ3) is 3.32. The van der Waals surface area contributed by atoms with Crippen molar-refractivity contribution in [2.24, 2.45) is 0 Å². The van der Waals surface area contributed by atoms with Gasteiger partial charge >= 0.3 is 12.2 Å². The van der Waals surface area contributed by atoms with Gasteiger partial charge in [0.25, 0.3) is 0 Å². The summed E-state index contributed by atoms with van der Waals surface area (Å²) in [7, 11) is 0. The van der Waals surface area contributed by atoms with Crippen molar-refractivity contribution >= 4 is 11.7 Å². The van der Waals surface area contributed by atoms with Crippen LogP contribution in [0.25, 0.3) is 5.69 Å². The van der Waals surface area contributed by atoms with Crippen LogP contribution in [0.15, 0.2) is 30.9 Å². The maximum Gasteiger partial charge on any atom is 0.418 e. The van der Waals surface area contributed by atoms with E-state index in [4.69, 9.17) is 0 Å². The number of aliphatic hydroxyl groups excluding tert-OH is 1. The van der Waals surface area contributed by atoms with Gasteiger partial charge in [0, 0.05) is 18.8 Å². The smallest absolute Gasteiger partial charge is 0.391 e. The number of likely N-dealkylation sites (tertiary alicyclic amines) is 1. The lowest BCUT2D eigenvalue weighted by Gasteiger charge is -2.18. The highest BCUT2D eigenvalue weighted by Gasteiger charge is 2.35. The van der Waals surface area contributed by atoms with Crippen LogP contribution in [0.5, 0.6) is 0 Å². The summed E-state index contributed by atoms with van der Waals surface area (Å²) in [6, 6.07) is 2.87. The fraction of sp³-hybridized carbons (Fsp3) is 0.357. The van der Waals surface area contributed by atoms with Gasteiger partial charge < -0.3 is 15.3 Å². The Morgan fingerprint density at radius 2 is 2.17 bits per heavy atom. The molecule has 0 bridgehead atoms. The molecule has 3 rings (SSSR count). The predicted molar refractivity (Wildman–Crippen MR) is 77.6 cm³/mol. The number of halogens is 3. The highest BCUT2D eigenvalue weighted by Crippen LogP contribution is 2.35. The number of rotatable bonds is 2. The lowest BCUT2D eigenvalue weighted by molar-refractivity contribution is -0.137. The molecule has 7 nitrogen and oxygen atoms in total. The molecular weight excluding hydrogens is 327 g/mol. The van der Waals surface area contributed by atoms with E-state index >= 15 is 0 Å². The standard InChI is InChI=1S/C14H14F3N5O2/c15-14(16,17)11-5-9(1-2-12(11)22-8-18-7-19-22)20-13(24)21-4-3-10(23)6-21/h1-2,5,7-8,10,23H,3-4,6H2,(H,20,24)/t10-/m1/s1. The Balaban J connectivity index is 1.86. The molecule has 1 saturated heterocycles. The molecule has 0 spiro atoms. The van der Waals surface area contributed by atoms with Gasteiger partial charge in [0.05, 0.1) is 17.4 Å². The summed E-state index contributed by atoms with van der Waals surface area (Å²) in [5.74, 6) is 0. The minimum atomic E-state index is -4.62. The number of aromatic nitrogens is 3. The Morgan fingerprint density at radius 3 is 2.75 bits per heavy atom. The minimum Gasteiger partial charge on any atom is -0.391 e. The van der Waals surface area contributed by atoms with Gasteiger partial charge in [-0.1, -0.05) is 0 Å². The molecule has 1 fully saturated rings. The summed E-state index contributed by atoms with van der Waals surface area (Å²) in [6.45, 7) is 0.519.